The van der Waals surface area contributed by atoms with Crippen LogP contribution in [0, 0.1) is 6.92 Å². The molecule has 1 saturated heterocycles. The molecule has 3 aromatic rings. The van der Waals surface area contributed by atoms with Crippen LogP contribution in [0.5, 0.6) is 5.75 Å². The second kappa shape index (κ2) is 10.1. The Balaban J connectivity index is 1.38. The fourth-order valence-corrected chi connectivity index (χ4v) is 4.82. The van der Waals surface area contributed by atoms with Gasteiger partial charge in [0.2, 0.25) is 5.91 Å². The zero-order valence-electron chi connectivity index (χ0n) is 18.1. The van der Waals surface area contributed by atoms with Crippen LogP contribution in [0.3, 0.4) is 0 Å². The first-order valence-corrected chi connectivity index (χ1v) is 11.7. The molecular weight excluding hydrogens is 406 g/mol. The zero-order valence-corrected chi connectivity index (χ0v) is 19.0. The van der Waals surface area contributed by atoms with Crippen molar-refractivity contribution in [2.75, 3.05) is 26.7 Å². The fraction of sp³-hybridized carbons (Fsp3) is 0.360. The van der Waals surface area contributed by atoms with Crippen molar-refractivity contribution >= 4 is 17.2 Å². The lowest BCUT2D eigenvalue weighted by atomic mass is 10.1. The van der Waals surface area contributed by atoms with Crippen LogP contribution in [-0.2, 0) is 11.2 Å². The number of ether oxygens (including phenoxy) is 1. The third-order valence-corrected chi connectivity index (χ3v) is 6.71. The molecule has 31 heavy (non-hydrogen) atoms. The molecular formula is C25H29N3O2S. The molecule has 1 amide bonds. The Morgan fingerprint density at radius 1 is 1.13 bits per heavy atom. The van der Waals surface area contributed by atoms with Crippen molar-refractivity contribution in [1.29, 1.82) is 0 Å². The molecule has 1 unspecified atom stereocenters. The highest BCUT2D eigenvalue weighted by Gasteiger charge is 2.24. The second-order valence-corrected chi connectivity index (χ2v) is 8.88. The molecule has 0 spiro atoms. The van der Waals surface area contributed by atoms with E-state index in [2.05, 4.69) is 58.5 Å². The van der Waals surface area contributed by atoms with E-state index in [1.807, 2.05) is 17.5 Å². The molecule has 2 aromatic carbocycles. The van der Waals surface area contributed by atoms with Crippen molar-refractivity contribution in [2.24, 2.45) is 0 Å². The molecule has 2 heterocycles. The van der Waals surface area contributed by atoms with E-state index in [1.54, 1.807) is 18.4 Å². The zero-order chi connectivity index (χ0) is 21.6. The minimum Gasteiger partial charge on any atom is -0.497 e. The lowest BCUT2D eigenvalue weighted by molar-refractivity contribution is -0.120. The highest BCUT2D eigenvalue weighted by atomic mass is 32.1. The number of aryl methyl sites for hydroxylation is 1. The van der Waals surface area contributed by atoms with E-state index in [9.17, 15) is 4.79 Å². The maximum Gasteiger partial charge on any atom is 0.226 e. The van der Waals surface area contributed by atoms with Crippen molar-refractivity contribution in [1.82, 2.24) is 15.2 Å². The van der Waals surface area contributed by atoms with Gasteiger partial charge in [-0.2, -0.15) is 0 Å². The van der Waals surface area contributed by atoms with Gasteiger partial charge in [-0.05, 0) is 50.6 Å². The Bertz CT molecular complexity index is 992. The van der Waals surface area contributed by atoms with Crippen molar-refractivity contribution in [3.05, 3.63) is 70.7 Å². The smallest absolute Gasteiger partial charge is 0.226 e. The van der Waals surface area contributed by atoms with Crippen LogP contribution < -0.4 is 10.1 Å². The van der Waals surface area contributed by atoms with Gasteiger partial charge < -0.3 is 10.1 Å². The van der Waals surface area contributed by atoms with Crippen LogP contribution in [0.15, 0.2) is 53.9 Å². The van der Waals surface area contributed by atoms with Crippen LogP contribution in [0.4, 0.5) is 0 Å². The van der Waals surface area contributed by atoms with E-state index in [4.69, 9.17) is 4.74 Å². The first-order chi connectivity index (χ1) is 15.1. The van der Waals surface area contributed by atoms with Crippen LogP contribution >= 0.6 is 11.3 Å². The number of nitrogens with one attached hydrogen (secondary N) is 1. The molecule has 0 bridgehead atoms. The van der Waals surface area contributed by atoms with Gasteiger partial charge in [-0.15, -0.1) is 11.3 Å². The van der Waals surface area contributed by atoms with Gasteiger partial charge in [0.25, 0.3) is 0 Å². The average Bonchev–Trinajstić information content (AvgIpc) is 3.48. The topological polar surface area (TPSA) is 54.5 Å². The van der Waals surface area contributed by atoms with Gasteiger partial charge in [0.15, 0.2) is 0 Å². The van der Waals surface area contributed by atoms with E-state index >= 15 is 0 Å². The van der Waals surface area contributed by atoms with Crippen molar-refractivity contribution in [3.63, 3.8) is 0 Å². The van der Waals surface area contributed by atoms with Crippen molar-refractivity contribution < 1.29 is 9.53 Å². The van der Waals surface area contributed by atoms with E-state index in [0.29, 0.717) is 13.0 Å². The summed E-state index contributed by atoms with van der Waals surface area (Å²) in [6.07, 6.45) is 2.72. The minimum absolute atomic E-state index is 0.0125. The Morgan fingerprint density at radius 3 is 2.52 bits per heavy atom. The molecule has 1 atom stereocenters. The number of nitrogens with zero attached hydrogens (tertiary/aromatic N) is 2. The molecule has 1 N–H and O–H groups in total. The first-order valence-electron chi connectivity index (χ1n) is 10.8. The number of thiazole rings is 1. The van der Waals surface area contributed by atoms with Crippen LogP contribution in [-0.4, -0.2) is 42.5 Å². The summed E-state index contributed by atoms with van der Waals surface area (Å²) in [4.78, 5) is 19.8. The number of aromatic nitrogens is 1. The summed E-state index contributed by atoms with van der Waals surface area (Å²) < 4.78 is 5.29. The number of methoxy groups -OCH3 is 1. The van der Waals surface area contributed by atoms with Gasteiger partial charge in [0.05, 0.1) is 25.3 Å². The summed E-state index contributed by atoms with van der Waals surface area (Å²) in [5.74, 6) is 0.860. The van der Waals surface area contributed by atoms with E-state index in [-0.39, 0.29) is 11.9 Å². The number of rotatable bonds is 8. The van der Waals surface area contributed by atoms with Crippen LogP contribution in [0.25, 0.3) is 10.6 Å². The molecule has 0 aliphatic carbocycles. The van der Waals surface area contributed by atoms with Gasteiger partial charge >= 0.3 is 0 Å². The maximum atomic E-state index is 12.7. The Hall–Kier alpha value is -2.70. The van der Waals surface area contributed by atoms with Gasteiger partial charge in [0.1, 0.15) is 10.8 Å². The number of amides is 1. The lowest BCUT2D eigenvalue weighted by Crippen LogP contribution is -2.37. The van der Waals surface area contributed by atoms with Gasteiger partial charge in [-0.25, -0.2) is 4.98 Å². The average molecular weight is 436 g/mol. The van der Waals surface area contributed by atoms with Gasteiger partial charge in [0, 0.05) is 17.5 Å². The number of benzene rings is 2. The maximum absolute atomic E-state index is 12.7. The molecule has 1 aliphatic rings. The third kappa shape index (κ3) is 5.51. The normalized spacial score (nSPS) is 15.0. The summed E-state index contributed by atoms with van der Waals surface area (Å²) in [6, 6.07) is 16.7. The molecule has 162 valence electrons. The second-order valence-electron chi connectivity index (χ2n) is 8.02. The SMILES string of the molecule is COc1ccc(C(CNC(=O)Cc2csc(-c3ccc(C)cc3)n2)N2CCCC2)cc1. The standard InChI is InChI=1S/C25H29N3O2S/c1-18-5-7-20(8-6-18)25-27-21(17-31-25)15-24(29)26-16-23(28-13-3-4-14-28)19-9-11-22(30-2)12-10-19/h5-12,17,23H,3-4,13-16H2,1-2H3,(H,26,29). The molecule has 6 heteroatoms. The highest BCUT2D eigenvalue weighted by Crippen LogP contribution is 2.27. The molecule has 4 rings (SSSR count). The summed E-state index contributed by atoms with van der Waals surface area (Å²) in [5, 5.41) is 6.08. The predicted molar refractivity (Wildman–Crippen MR) is 126 cm³/mol. The molecule has 0 radical (unpaired) electrons. The Labute approximate surface area is 188 Å². The fourth-order valence-electron chi connectivity index (χ4n) is 3.99. The Morgan fingerprint density at radius 2 is 1.84 bits per heavy atom. The van der Waals surface area contributed by atoms with Crippen LogP contribution in [0.1, 0.15) is 35.7 Å². The van der Waals surface area contributed by atoms with Crippen molar-refractivity contribution in [3.8, 4) is 16.3 Å². The minimum atomic E-state index is 0.0125. The van der Waals surface area contributed by atoms with Gasteiger partial charge in [-0.3, -0.25) is 9.69 Å². The number of carbonyl (C=O) groups is 1. The van der Waals surface area contributed by atoms with E-state index in [0.717, 1.165) is 35.1 Å². The molecule has 1 fully saturated rings. The van der Waals surface area contributed by atoms with Crippen molar-refractivity contribution in [2.45, 2.75) is 32.2 Å². The highest BCUT2D eigenvalue weighted by molar-refractivity contribution is 7.13. The summed E-state index contributed by atoms with van der Waals surface area (Å²) in [6.45, 7) is 4.81. The van der Waals surface area contributed by atoms with E-state index < -0.39 is 0 Å². The summed E-state index contributed by atoms with van der Waals surface area (Å²) >= 11 is 1.58. The molecule has 1 aliphatic heterocycles. The van der Waals surface area contributed by atoms with Crippen LogP contribution in [0.2, 0.25) is 0 Å². The Kier molecular flexibility index (Phi) is 6.99. The third-order valence-electron chi connectivity index (χ3n) is 5.77. The number of likely N-dealkylation sites (tertiary alicyclic amines) is 1. The van der Waals surface area contributed by atoms with Gasteiger partial charge in [-0.1, -0.05) is 42.0 Å². The predicted octanol–water partition coefficient (Wildman–Crippen LogP) is 4.62. The number of hydrogen-bond donors (Lipinski definition) is 1. The van der Waals surface area contributed by atoms with E-state index in [1.165, 1.54) is 24.0 Å². The molecule has 0 saturated carbocycles. The lowest BCUT2D eigenvalue weighted by Gasteiger charge is -2.28. The summed E-state index contributed by atoms with van der Waals surface area (Å²) in [7, 11) is 1.68. The summed E-state index contributed by atoms with van der Waals surface area (Å²) in [5.41, 5.74) is 4.35. The molecule has 1 aromatic heterocycles. The number of hydrogen-bond acceptors (Lipinski definition) is 5. The monoisotopic (exact) mass is 435 g/mol. The molecule has 5 nitrogen and oxygen atoms in total. The number of carbonyl (C=O) groups excluding carboxylic acids is 1. The largest absolute Gasteiger partial charge is 0.497 e. The quantitative estimate of drug-likeness (QED) is 0.561. The first kappa shape index (κ1) is 21.5.